The van der Waals surface area contributed by atoms with E-state index in [1.165, 1.54) is 6.07 Å². The van der Waals surface area contributed by atoms with Crippen LogP contribution < -0.4 is 5.56 Å². The van der Waals surface area contributed by atoms with Crippen LogP contribution in [-0.4, -0.2) is 9.78 Å². The van der Waals surface area contributed by atoms with Gasteiger partial charge in [0.2, 0.25) is 0 Å². The second kappa shape index (κ2) is 4.10. The fraction of sp³-hybridized carbons (Fsp3) is 0. The summed E-state index contributed by atoms with van der Waals surface area (Å²) >= 11 is 3.23. The maximum Gasteiger partial charge on any atom is 0.275 e. The van der Waals surface area contributed by atoms with Crippen molar-refractivity contribution < 1.29 is 4.39 Å². The number of aromatic nitrogens is 2. The highest BCUT2D eigenvalue weighted by Gasteiger charge is 2.13. The first-order valence-corrected chi connectivity index (χ1v) is 6.11. The average Bonchev–Trinajstić information content (AvgIpc) is 2.67. The second-order valence-electron chi connectivity index (χ2n) is 3.89. The Morgan fingerprint density at radius 2 is 1.89 bits per heavy atom. The Bertz CT molecular complexity index is 777. The lowest BCUT2D eigenvalue weighted by Gasteiger charge is -2.04. The smallest absolute Gasteiger partial charge is 0.267 e. The van der Waals surface area contributed by atoms with Gasteiger partial charge in [-0.05, 0) is 24.3 Å². The van der Waals surface area contributed by atoms with E-state index in [9.17, 15) is 9.18 Å². The summed E-state index contributed by atoms with van der Waals surface area (Å²) in [5, 5.41) is 2.71. The summed E-state index contributed by atoms with van der Waals surface area (Å²) in [4.78, 5) is 11.8. The molecule has 0 atom stereocenters. The van der Waals surface area contributed by atoms with Crippen LogP contribution in [0, 0.1) is 5.82 Å². The van der Waals surface area contributed by atoms with E-state index < -0.39 is 11.4 Å². The van der Waals surface area contributed by atoms with E-state index in [2.05, 4.69) is 21.0 Å². The molecule has 2 aromatic carbocycles. The number of para-hydroxylation sites is 1. The summed E-state index contributed by atoms with van der Waals surface area (Å²) < 4.78 is 15.9. The summed E-state index contributed by atoms with van der Waals surface area (Å²) in [7, 11) is 0. The zero-order valence-electron chi connectivity index (χ0n) is 9.15. The fourth-order valence-corrected chi connectivity index (χ4v) is 2.38. The van der Waals surface area contributed by atoms with Gasteiger partial charge in [-0.1, -0.05) is 34.1 Å². The van der Waals surface area contributed by atoms with Crippen molar-refractivity contribution in [1.82, 2.24) is 9.78 Å². The third-order valence-corrected chi connectivity index (χ3v) is 3.19. The Morgan fingerprint density at radius 1 is 1.17 bits per heavy atom. The van der Waals surface area contributed by atoms with Gasteiger partial charge in [0.05, 0.1) is 11.2 Å². The minimum absolute atomic E-state index is 0.0713. The molecule has 3 nitrogen and oxygen atoms in total. The molecule has 0 aliphatic heterocycles. The zero-order valence-corrected chi connectivity index (χ0v) is 10.7. The van der Waals surface area contributed by atoms with Crippen LogP contribution in [0.1, 0.15) is 0 Å². The van der Waals surface area contributed by atoms with Gasteiger partial charge in [-0.25, -0.2) is 4.39 Å². The monoisotopic (exact) mass is 306 g/mol. The molecule has 18 heavy (non-hydrogen) atoms. The van der Waals surface area contributed by atoms with Crippen molar-refractivity contribution in [3.8, 4) is 5.69 Å². The van der Waals surface area contributed by atoms with Gasteiger partial charge < -0.3 is 0 Å². The molecule has 0 bridgehead atoms. The van der Waals surface area contributed by atoms with Crippen LogP contribution in [0.3, 0.4) is 0 Å². The summed E-state index contributed by atoms with van der Waals surface area (Å²) in [5.74, 6) is -0.532. The molecule has 0 saturated heterocycles. The SMILES string of the molecule is O=c1[nH]n(-c2ccccc2)c2cc(Br)cc(F)c12. The molecule has 3 rings (SSSR count). The third-order valence-electron chi connectivity index (χ3n) is 2.73. The zero-order chi connectivity index (χ0) is 12.7. The minimum atomic E-state index is -0.532. The van der Waals surface area contributed by atoms with E-state index in [1.807, 2.05) is 30.3 Å². The summed E-state index contributed by atoms with van der Waals surface area (Å²) in [6.07, 6.45) is 0. The predicted octanol–water partition coefficient (Wildman–Crippen LogP) is 3.22. The molecular weight excluding hydrogens is 299 g/mol. The first-order valence-electron chi connectivity index (χ1n) is 5.32. The Labute approximate surface area is 110 Å². The third kappa shape index (κ3) is 1.67. The number of aromatic amines is 1. The van der Waals surface area contributed by atoms with Crippen molar-refractivity contribution in [2.75, 3.05) is 0 Å². The van der Waals surface area contributed by atoms with Gasteiger partial charge in [-0.2, -0.15) is 0 Å². The number of fused-ring (bicyclic) bond motifs is 1. The highest BCUT2D eigenvalue weighted by molar-refractivity contribution is 9.10. The number of benzene rings is 2. The van der Waals surface area contributed by atoms with Crippen LogP contribution >= 0.6 is 15.9 Å². The highest BCUT2D eigenvalue weighted by Crippen LogP contribution is 2.22. The molecule has 5 heteroatoms. The highest BCUT2D eigenvalue weighted by atomic mass is 79.9. The number of rotatable bonds is 1. The van der Waals surface area contributed by atoms with Crippen molar-refractivity contribution in [3.63, 3.8) is 0 Å². The number of hydrogen-bond acceptors (Lipinski definition) is 1. The Hall–Kier alpha value is -1.88. The number of hydrogen-bond donors (Lipinski definition) is 1. The van der Waals surface area contributed by atoms with Gasteiger partial charge in [0, 0.05) is 4.47 Å². The molecule has 1 aromatic heterocycles. The molecule has 3 aromatic rings. The maximum atomic E-state index is 13.8. The number of halogens is 2. The van der Waals surface area contributed by atoms with Gasteiger partial charge in [-0.15, -0.1) is 0 Å². The van der Waals surface area contributed by atoms with Gasteiger partial charge in [0.25, 0.3) is 5.56 Å². The van der Waals surface area contributed by atoms with Gasteiger partial charge >= 0.3 is 0 Å². The minimum Gasteiger partial charge on any atom is -0.267 e. The predicted molar refractivity (Wildman–Crippen MR) is 71.6 cm³/mol. The van der Waals surface area contributed by atoms with Crippen molar-refractivity contribution in [3.05, 3.63) is 63.1 Å². The van der Waals surface area contributed by atoms with Crippen molar-refractivity contribution in [2.45, 2.75) is 0 Å². The molecule has 0 aliphatic rings. The van der Waals surface area contributed by atoms with E-state index >= 15 is 0 Å². The topological polar surface area (TPSA) is 37.8 Å². The molecule has 90 valence electrons. The quantitative estimate of drug-likeness (QED) is 0.736. The molecule has 1 heterocycles. The normalized spacial score (nSPS) is 11.0. The largest absolute Gasteiger partial charge is 0.275 e. The molecule has 1 N–H and O–H groups in total. The van der Waals surface area contributed by atoms with Crippen LogP contribution in [-0.2, 0) is 0 Å². The standard InChI is InChI=1S/C13H8BrFN2O/c14-8-6-10(15)12-11(7-8)17(16-13(12)18)9-4-2-1-3-5-9/h1-7H,(H,16,18). The lowest BCUT2D eigenvalue weighted by Crippen LogP contribution is -2.04. The fourth-order valence-electron chi connectivity index (χ4n) is 1.96. The van der Waals surface area contributed by atoms with Crippen molar-refractivity contribution >= 4 is 26.8 Å². The Morgan fingerprint density at radius 3 is 2.61 bits per heavy atom. The van der Waals surface area contributed by atoms with E-state index in [1.54, 1.807) is 10.7 Å². The van der Waals surface area contributed by atoms with E-state index in [0.717, 1.165) is 5.69 Å². The summed E-state index contributed by atoms with van der Waals surface area (Å²) in [6.45, 7) is 0. The lowest BCUT2D eigenvalue weighted by atomic mass is 10.2. The van der Waals surface area contributed by atoms with Gasteiger partial charge in [0.1, 0.15) is 11.2 Å². The van der Waals surface area contributed by atoms with E-state index in [-0.39, 0.29) is 5.39 Å². The van der Waals surface area contributed by atoms with Crippen LogP contribution in [0.2, 0.25) is 0 Å². The molecule has 0 saturated carbocycles. The van der Waals surface area contributed by atoms with E-state index in [0.29, 0.717) is 9.99 Å². The van der Waals surface area contributed by atoms with Crippen molar-refractivity contribution in [1.29, 1.82) is 0 Å². The number of nitrogens with one attached hydrogen (secondary N) is 1. The first kappa shape index (κ1) is 11.2. The van der Waals surface area contributed by atoms with Crippen LogP contribution in [0.25, 0.3) is 16.6 Å². The van der Waals surface area contributed by atoms with Crippen molar-refractivity contribution in [2.24, 2.45) is 0 Å². The Balaban J connectivity index is 2.42. The van der Waals surface area contributed by atoms with E-state index in [4.69, 9.17) is 0 Å². The second-order valence-corrected chi connectivity index (χ2v) is 4.81. The number of nitrogens with zero attached hydrogens (tertiary/aromatic N) is 1. The van der Waals surface area contributed by atoms with Crippen LogP contribution in [0.15, 0.2) is 51.7 Å². The molecule has 0 spiro atoms. The average molecular weight is 307 g/mol. The first-order chi connectivity index (χ1) is 8.66. The summed E-state index contributed by atoms with van der Waals surface area (Å²) in [6, 6.07) is 12.3. The molecule has 0 aliphatic carbocycles. The van der Waals surface area contributed by atoms with Crippen LogP contribution in [0.5, 0.6) is 0 Å². The summed E-state index contributed by atoms with van der Waals surface area (Å²) in [5.41, 5.74) is 0.860. The van der Waals surface area contributed by atoms with Gasteiger partial charge in [0.15, 0.2) is 0 Å². The lowest BCUT2D eigenvalue weighted by molar-refractivity contribution is 0.638. The maximum absolute atomic E-state index is 13.8. The Kier molecular flexibility index (Phi) is 2.56. The molecule has 0 unspecified atom stereocenters. The molecule has 0 fully saturated rings. The molecular formula is C13H8BrFN2O. The van der Waals surface area contributed by atoms with Crippen LogP contribution in [0.4, 0.5) is 4.39 Å². The molecule has 0 amide bonds. The molecule has 0 radical (unpaired) electrons. The van der Waals surface area contributed by atoms with Gasteiger partial charge in [-0.3, -0.25) is 14.6 Å². The number of H-pyrrole nitrogens is 1.